The predicted molar refractivity (Wildman–Crippen MR) is 275 cm³/mol. The van der Waals surface area contributed by atoms with E-state index in [1.165, 1.54) is 225 Å². The summed E-state index contributed by atoms with van der Waals surface area (Å²) >= 11 is 0. The first-order valence-electron chi connectivity index (χ1n) is 28.9. The Morgan fingerprint density at radius 3 is 0.766 bits per heavy atom. The summed E-state index contributed by atoms with van der Waals surface area (Å²) in [5, 5.41) is 0. The van der Waals surface area contributed by atoms with E-state index >= 15 is 0 Å². The zero-order valence-electron chi connectivity index (χ0n) is 43.8. The molecule has 0 aliphatic rings. The maximum absolute atomic E-state index is 12.8. The molecular formula is C58H112O6. The minimum atomic E-state index is -0.762. The van der Waals surface area contributed by atoms with Crippen LogP contribution in [0.4, 0.5) is 0 Å². The molecule has 0 spiro atoms. The first-order valence-corrected chi connectivity index (χ1v) is 28.9. The van der Waals surface area contributed by atoms with Crippen LogP contribution in [-0.2, 0) is 28.6 Å². The average molecular weight is 906 g/mol. The smallest absolute Gasteiger partial charge is 0.306 e. The van der Waals surface area contributed by atoms with Gasteiger partial charge in [0.25, 0.3) is 0 Å². The lowest BCUT2D eigenvalue weighted by atomic mass is 10.0. The van der Waals surface area contributed by atoms with Crippen molar-refractivity contribution in [3.05, 3.63) is 0 Å². The van der Waals surface area contributed by atoms with Crippen molar-refractivity contribution in [1.82, 2.24) is 0 Å². The van der Waals surface area contributed by atoms with Gasteiger partial charge in [-0.15, -0.1) is 0 Å². The first-order chi connectivity index (χ1) is 31.4. The Bertz CT molecular complexity index is 964. The molecule has 0 aromatic heterocycles. The van der Waals surface area contributed by atoms with E-state index in [1.807, 2.05) is 0 Å². The van der Waals surface area contributed by atoms with Gasteiger partial charge < -0.3 is 14.2 Å². The SMILES string of the molecule is CCCCCCCCCCCCCCCCCCCCCC(=O)OC[C@H](COC(=O)CCCCCCCCCCCCC(C)C)OC(=O)CCCCCCCCCCCCCCCC. The Morgan fingerprint density at radius 1 is 0.297 bits per heavy atom. The van der Waals surface area contributed by atoms with Crippen molar-refractivity contribution < 1.29 is 28.6 Å². The van der Waals surface area contributed by atoms with Crippen LogP contribution < -0.4 is 0 Å². The molecule has 1 atom stereocenters. The number of rotatable bonds is 53. The number of carbonyl (C=O) groups is 3. The Balaban J connectivity index is 4.26. The summed E-state index contributed by atoms with van der Waals surface area (Å²) in [6.45, 7) is 9.04. The molecule has 0 saturated carbocycles. The highest BCUT2D eigenvalue weighted by Gasteiger charge is 2.19. The van der Waals surface area contributed by atoms with E-state index in [0.29, 0.717) is 19.3 Å². The Hall–Kier alpha value is -1.59. The van der Waals surface area contributed by atoms with E-state index < -0.39 is 6.10 Å². The third-order valence-electron chi connectivity index (χ3n) is 13.3. The lowest BCUT2D eigenvalue weighted by molar-refractivity contribution is -0.167. The van der Waals surface area contributed by atoms with E-state index in [9.17, 15) is 14.4 Å². The van der Waals surface area contributed by atoms with E-state index in [4.69, 9.17) is 14.2 Å². The molecule has 64 heavy (non-hydrogen) atoms. The third-order valence-corrected chi connectivity index (χ3v) is 13.3. The second-order valence-electron chi connectivity index (χ2n) is 20.4. The summed E-state index contributed by atoms with van der Waals surface area (Å²) in [6.07, 6.45) is 56.7. The van der Waals surface area contributed by atoms with Crippen LogP contribution in [0.2, 0.25) is 0 Å². The Labute approximate surface area is 399 Å². The Kier molecular flexibility index (Phi) is 51.1. The van der Waals surface area contributed by atoms with Crippen molar-refractivity contribution in [3.63, 3.8) is 0 Å². The minimum absolute atomic E-state index is 0.0621. The standard InChI is InChI=1S/C58H112O6/c1-5-7-9-11-13-15-17-19-21-22-23-24-25-27-28-33-37-41-45-49-56(59)62-52-55(53-63-57(60)50-46-42-38-34-31-30-32-36-40-44-48-54(3)4)64-58(61)51-47-43-39-35-29-26-20-18-16-14-12-10-8-6-2/h54-55H,5-53H2,1-4H3/t55-/m1/s1. The van der Waals surface area contributed by atoms with Crippen LogP contribution in [0.5, 0.6) is 0 Å². The molecule has 0 N–H and O–H groups in total. The monoisotopic (exact) mass is 905 g/mol. The largest absolute Gasteiger partial charge is 0.462 e. The fourth-order valence-corrected chi connectivity index (χ4v) is 8.92. The summed E-state index contributed by atoms with van der Waals surface area (Å²) in [6, 6.07) is 0. The lowest BCUT2D eigenvalue weighted by Crippen LogP contribution is -2.30. The summed E-state index contributed by atoms with van der Waals surface area (Å²) in [7, 11) is 0. The van der Waals surface area contributed by atoms with E-state index in [2.05, 4.69) is 27.7 Å². The lowest BCUT2D eigenvalue weighted by Gasteiger charge is -2.18. The molecule has 0 aliphatic heterocycles. The average Bonchev–Trinajstić information content (AvgIpc) is 3.28. The van der Waals surface area contributed by atoms with Crippen molar-refractivity contribution >= 4 is 17.9 Å². The van der Waals surface area contributed by atoms with E-state index in [1.54, 1.807) is 0 Å². The second kappa shape index (κ2) is 52.4. The molecule has 0 bridgehead atoms. The van der Waals surface area contributed by atoms with Crippen LogP contribution in [-0.4, -0.2) is 37.2 Å². The molecule has 0 fully saturated rings. The molecule has 0 rings (SSSR count). The molecule has 6 nitrogen and oxygen atoms in total. The summed E-state index contributed by atoms with van der Waals surface area (Å²) in [5.41, 5.74) is 0. The van der Waals surface area contributed by atoms with Gasteiger partial charge in [-0.2, -0.15) is 0 Å². The first kappa shape index (κ1) is 62.4. The zero-order valence-corrected chi connectivity index (χ0v) is 43.8. The zero-order chi connectivity index (χ0) is 46.7. The van der Waals surface area contributed by atoms with Crippen LogP contribution in [0.15, 0.2) is 0 Å². The molecule has 380 valence electrons. The molecule has 0 radical (unpaired) electrons. The Morgan fingerprint density at radius 2 is 0.516 bits per heavy atom. The number of ether oxygens (including phenoxy) is 3. The molecule has 0 aromatic carbocycles. The summed E-state index contributed by atoms with van der Waals surface area (Å²) in [4.78, 5) is 38.1. The molecule has 6 heteroatoms. The van der Waals surface area contributed by atoms with Crippen LogP contribution in [0.25, 0.3) is 0 Å². The van der Waals surface area contributed by atoms with Gasteiger partial charge in [-0.05, 0) is 25.2 Å². The van der Waals surface area contributed by atoms with Crippen molar-refractivity contribution in [1.29, 1.82) is 0 Å². The van der Waals surface area contributed by atoms with Gasteiger partial charge in [0.1, 0.15) is 13.2 Å². The third kappa shape index (κ3) is 51.4. The van der Waals surface area contributed by atoms with E-state index in [0.717, 1.165) is 63.7 Å². The van der Waals surface area contributed by atoms with Crippen molar-refractivity contribution in [2.75, 3.05) is 13.2 Å². The van der Waals surface area contributed by atoms with Gasteiger partial charge >= 0.3 is 17.9 Å². The van der Waals surface area contributed by atoms with Gasteiger partial charge in [0.05, 0.1) is 0 Å². The minimum Gasteiger partial charge on any atom is -0.462 e. The fraction of sp³-hybridized carbons (Fsp3) is 0.948. The molecule has 0 heterocycles. The highest BCUT2D eigenvalue weighted by molar-refractivity contribution is 5.71. The summed E-state index contributed by atoms with van der Waals surface area (Å²) in [5.74, 6) is -0.0184. The highest BCUT2D eigenvalue weighted by Crippen LogP contribution is 2.18. The molecule has 0 amide bonds. The van der Waals surface area contributed by atoms with Crippen molar-refractivity contribution in [2.24, 2.45) is 5.92 Å². The maximum atomic E-state index is 12.8. The molecule has 0 saturated heterocycles. The van der Waals surface area contributed by atoms with E-state index in [-0.39, 0.29) is 31.1 Å². The maximum Gasteiger partial charge on any atom is 0.306 e. The quantitative estimate of drug-likeness (QED) is 0.0344. The van der Waals surface area contributed by atoms with Gasteiger partial charge in [0.2, 0.25) is 0 Å². The normalized spacial score (nSPS) is 12.0. The molecule has 0 aromatic rings. The number of unbranched alkanes of at least 4 members (excludes halogenated alkanes) is 40. The van der Waals surface area contributed by atoms with Gasteiger partial charge in [-0.3, -0.25) is 14.4 Å². The topological polar surface area (TPSA) is 78.9 Å². The van der Waals surface area contributed by atoms with Crippen LogP contribution in [0.3, 0.4) is 0 Å². The van der Waals surface area contributed by atoms with Crippen molar-refractivity contribution in [2.45, 2.75) is 336 Å². The predicted octanol–water partition coefficient (Wildman–Crippen LogP) is 19.0. The molecular weight excluding hydrogens is 793 g/mol. The van der Waals surface area contributed by atoms with Gasteiger partial charge in [-0.25, -0.2) is 0 Å². The second-order valence-corrected chi connectivity index (χ2v) is 20.4. The number of hydrogen-bond acceptors (Lipinski definition) is 6. The van der Waals surface area contributed by atoms with Crippen LogP contribution in [0.1, 0.15) is 329 Å². The van der Waals surface area contributed by atoms with Gasteiger partial charge in [0.15, 0.2) is 6.10 Å². The molecule has 0 aliphatic carbocycles. The highest BCUT2D eigenvalue weighted by atomic mass is 16.6. The number of carbonyl (C=O) groups excluding carboxylic acids is 3. The van der Waals surface area contributed by atoms with Gasteiger partial charge in [0, 0.05) is 19.3 Å². The van der Waals surface area contributed by atoms with Crippen LogP contribution in [0, 0.1) is 5.92 Å². The fourth-order valence-electron chi connectivity index (χ4n) is 8.92. The van der Waals surface area contributed by atoms with Crippen LogP contribution >= 0.6 is 0 Å². The summed E-state index contributed by atoms with van der Waals surface area (Å²) < 4.78 is 16.9. The molecule has 0 unspecified atom stereocenters. The number of hydrogen-bond donors (Lipinski definition) is 0. The number of esters is 3. The van der Waals surface area contributed by atoms with Gasteiger partial charge in [-0.1, -0.05) is 291 Å². The van der Waals surface area contributed by atoms with Crippen molar-refractivity contribution in [3.8, 4) is 0 Å².